The fourth-order valence-electron chi connectivity index (χ4n) is 8.20. The van der Waals surface area contributed by atoms with E-state index in [-0.39, 0.29) is 30.5 Å². The minimum absolute atomic E-state index is 0.0497. The molecule has 0 bridgehead atoms. The first kappa shape index (κ1) is 47.2. The lowest BCUT2D eigenvalue weighted by Gasteiger charge is -2.30. The summed E-state index contributed by atoms with van der Waals surface area (Å²) in [4.78, 5) is 25.5. The SMILES string of the molecule is CCCCCCCCCC[C@@H]1[C@H](COC(=O)CCCCCCCCC)O[C@@](OCCCCC)([n+]2cccc(C(N)=O)c2)[C@@H]1CCCCCCCCCC. The van der Waals surface area contributed by atoms with Crippen LogP contribution in [0.2, 0.25) is 0 Å². The molecule has 1 amide bonds. The van der Waals surface area contributed by atoms with Gasteiger partial charge < -0.3 is 10.5 Å². The third-order valence-electron chi connectivity index (χ3n) is 11.4. The van der Waals surface area contributed by atoms with Gasteiger partial charge in [0.2, 0.25) is 0 Å². The second-order valence-corrected chi connectivity index (χ2v) is 16.1. The van der Waals surface area contributed by atoms with Crippen LogP contribution < -0.4 is 10.3 Å². The van der Waals surface area contributed by atoms with E-state index >= 15 is 0 Å². The van der Waals surface area contributed by atoms with Crippen molar-refractivity contribution in [2.24, 2.45) is 17.6 Å². The average molecular weight is 744 g/mol. The van der Waals surface area contributed by atoms with Gasteiger partial charge in [0.05, 0.1) is 12.5 Å². The Hall–Kier alpha value is -1.99. The highest BCUT2D eigenvalue weighted by Gasteiger charge is 2.63. The molecule has 0 unspecified atom stereocenters. The zero-order valence-electron chi connectivity index (χ0n) is 35.0. The Balaban J connectivity index is 2.32. The van der Waals surface area contributed by atoms with Gasteiger partial charge in [-0.15, -0.1) is 4.57 Å². The molecule has 2 rings (SSSR count). The Morgan fingerprint density at radius 1 is 0.679 bits per heavy atom. The molecule has 1 aromatic heterocycles. The normalized spacial score (nSPS) is 19.9. The lowest BCUT2D eigenvalue weighted by molar-refractivity contribution is -0.862. The first-order valence-corrected chi connectivity index (χ1v) is 22.7. The van der Waals surface area contributed by atoms with Gasteiger partial charge in [-0.25, -0.2) is 0 Å². The highest BCUT2D eigenvalue weighted by molar-refractivity contribution is 5.92. The van der Waals surface area contributed by atoms with Crippen molar-refractivity contribution in [3.05, 3.63) is 30.1 Å². The number of unbranched alkanes of at least 4 members (excludes halogenated alkanes) is 22. The van der Waals surface area contributed by atoms with Crippen LogP contribution >= 0.6 is 0 Å². The standard InChI is InChI=1S/C46H82N2O5/c1-5-9-13-16-19-22-24-27-33-41-42(34-28-25-23-20-17-14-10-6-2)46(52-37-30-12-8-4,48-36-31-32-40(38-48)45(47)50)53-43(41)39-51-44(49)35-29-26-21-18-15-11-7-3/h31-32,36,38,41-43H,5-30,33-35,37,39H2,1-4H3,(H-,47,50)/p+1/t41-,42+,43-,46+/m0/s1. The minimum Gasteiger partial charge on any atom is -0.463 e. The summed E-state index contributed by atoms with van der Waals surface area (Å²) in [5, 5.41) is 0. The number of aromatic nitrogens is 1. The Labute approximate surface area is 326 Å². The van der Waals surface area contributed by atoms with Crippen LogP contribution in [0.3, 0.4) is 0 Å². The third kappa shape index (κ3) is 18.9. The van der Waals surface area contributed by atoms with E-state index in [1.54, 1.807) is 6.07 Å². The summed E-state index contributed by atoms with van der Waals surface area (Å²) >= 11 is 0. The van der Waals surface area contributed by atoms with Crippen molar-refractivity contribution >= 4 is 11.9 Å². The van der Waals surface area contributed by atoms with Crippen molar-refractivity contribution in [2.45, 2.75) is 226 Å². The number of amides is 1. The van der Waals surface area contributed by atoms with Crippen LogP contribution in [0.15, 0.2) is 24.5 Å². The van der Waals surface area contributed by atoms with E-state index in [1.807, 2.05) is 23.0 Å². The van der Waals surface area contributed by atoms with E-state index in [1.165, 1.54) is 122 Å². The number of pyridine rings is 1. The van der Waals surface area contributed by atoms with E-state index in [4.69, 9.17) is 19.9 Å². The van der Waals surface area contributed by atoms with Crippen LogP contribution in [-0.2, 0) is 24.9 Å². The summed E-state index contributed by atoms with van der Waals surface area (Å²) < 4.78 is 22.2. The molecule has 2 N–H and O–H groups in total. The summed E-state index contributed by atoms with van der Waals surface area (Å²) in [6, 6.07) is 3.63. The third-order valence-corrected chi connectivity index (χ3v) is 11.4. The van der Waals surface area contributed by atoms with Crippen molar-refractivity contribution in [2.75, 3.05) is 13.2 Å². The molecule has 1 fully saturated rings. The fraction of sp³-hybridized carbons (Fsp3) is 0.848. The van der Waals surface area contributed by atoms with Crippen molar-refractivity contribution in [3.8, 4) is 0 Å². The summed E-state index contributed by atoms with van der Waals surface area (Å²) in [5.41, 5.74) is 6.25. The number of esters is 1. The van der Waals surface area contributed by atoms with Crippen LogP contribution in [0.5, 0.6) is 0 Å². The number of primary amides is 1. The number of hydrogen-bond donors (Lipinski definition) is 1. The van der Waals surface area contributed by atoms with Crippen LogP contribution in [0, 0.1) is 11.8 Å². The zero-order valence-corrected chi connectivity index (χ0v) is 35.0. The summed E-state index contributed by atoms with van der Waals surface area (Å²) in [6.45, 7) is 9.78. The van der Waals surface area contributed by atoms with Crippen LogP contribution in [-0.4, -0.2) is 31.2 Å². The maximum atomic E-state index is 13.1. The van der Waals surface area contributed by atoms with Gasteiger partial charge >= 0.3 is 11.9 Å². The van der Waals surface area contributed by atoms with E-state index < -0.39 is 11.8 Å². The second-order valence-electron chi connectivity index (χ2n) is 16.1. The molecule has 0 aliphatic carbocycles. The molecular formula is C46H83N2O5+. The molecule has 7 nitrogen and oxygen atoms in total. The Morgan fingerprint density at radius 3 is 1.72 bits per heavy atom. The maximum absolute atomic E-state index is 13.1. The number of rotatable bonds is 35. The molecule has 4 atom stereocenters. The molecule has 0 spiro atoms. The molecule has 306 valence electrons. The number of carbonyl (C=O) groups excluding carboxylic acids is 2. The Bertz CT molecular complexity index is 1070. The molecule has 1 aromatic rings. The number of carbonyl (C=O) groups is 2. The van der Waals surface area contributed by atoms with Crippen molar-refractivity contribution in [1.82, 2.24) is 0 Å². The van der Waals surface area contributed by atoms with Crippen molar-refractivity contribution in [1.29, 1.82) is 0 Å². The topological polar surface area (TPSA) is 91.7 Å². The van der Waals surface area contributed by atoms with Gasteiger partial charge in [0, 0.05) is 18.4 Å². The maximum Gasteiger partial charge on any atom is 0.394 e. The summed E-state index contributed by atoms with van der Waals surface area (Å²) in [7, 11) is 0. The molecule has 7 heteroatoms. The smallest absolute Gasteiger partial charge is 0.394 e. The average Bonchev–Trinajstić information content (AvgIpc) is 3.46. The molecule has 0 radical (unpaired) electrons. The minimum atomic E-state index is -1.10. The Kier molecular flexibility index (Phi) is 26.9. The summed E-state index contributed by atoms with van der Waals surface area (Å²) in [6.07, 6.45) is 37.4. The fourth-order valence-corrected chi connectivity index (χ4v) is 8.20. The lowest BCUT2D eigenvalue weighted by Crippen LogP contribution is -2.62. The predicted octanol–water partition coefficient (Wildman–Crippen LogP) is 12.3. The quantitative estimate of drug-likeness (QED) is 0.0424. The zero-order chi connectivity index (χ0) is 38.4. The molecule has 53 heavy (non-hydrogen) atoms. The highest BCUT2D eigenvalue weighted by atomic mass is 16.7. The number of hydrogen-bond acceptors (Lipinski definition) is 5. The predicted molar refractivity (Wildman–Crippen MR) is 218 cm³/mol. The van der Waals surface area contributed by atoms with Crippen LogP contribution in [0.1, 0.15) is 224 Å². The summed E-state index contributed by atoms with van der Waals surface area (Å²) in [5.74, 6) is -1.47. The van der Waals surface area contributed by atoms with E-state index in [2.05, 4.69) is 27.7 Å². The molecule has 2 heterocycles. The van der Waals surface area contributed by atoms with Gasteiger partial charge in [-0.2, -0.15) is 0 Å². The van der Waals surface area contributed by atoms with E-state index in [0.29, 0.717) is 18.6 Å². The van der Waals surface area contributed by atoms with E-state index in [9.17, 15) is 9.59 Å². The molecule has 1 aliphatic rings. The molecule has 0 aromatic carbocycles. The van der Waals surface area contributed by atoms with Gasteiger partial charge in [0.25, 0.3) is 5.91 Å². The number of nitrogens with zero attached hydrogens (tertiary/aromatic N) is 1. The first-order chi connectivity index (χ1) is 25.9. The molecular weight excluding hydrogens is 661 g/mol. The van der Waals surface area contributed by atoms with Crippen LogP contribution in [0.4, 0.5) is 0 Å². The molecule has 1 saturated heterocycles. The first-order valence-electron chi connectivity index (χ1n) is 22.7. The highest BCUT2D eigenvalue weighted by Crippen LogP contribution is 2.47. The number of nitrogens with two attached hydrogens (primary N) is 1. The van der Waals surface area contributed by atoms with Crippen LogP contribution in [0.25, 0.3) is 0 Å². The largest absolute Gasteiger partial charge is 0.463 e. The number of ether oxygens (including phenoxy) is 3. The lowest BCUT2D eigenvalue weighted by atomic mass is 9.80. The van der Waals surface area contributed by atoms with Gasteiger partial charge in [-0.3, -0.25) is 19.1 Å². The molecule has 0 saturated carbocycles. The molecule has 1 aliphatic heterocycles. The van der Waals surface area contributed by atoms with Gasteiger partial charge in [-0.1, -0.05) is 182 Å². The van der Waals surface area contributed by atoms with Crippen molar-refractivity contribution < 1.29 is 28.4 Å². The Morgan fingerprint density at radius 2 is 1.17 bits per heavy atom. The van der Waals surface area contributed by atoms with E-state index in [0.717, 1.165) is 57.8 Å². The monoisotopic (exact) mass is 744 g/mol. The van der Waals surface area contributed by atoms with Gasteiger partial charge in [0.1, 0.15) is 18.3 Å². The van der Waals surface area contributed by atoms with Gasteiger partial charge in [-0.05, 0) is 31.7 Å². The second kappa shape index (κ2) is 30.3. The van der Waals surface area contributed by atoms with Gasteiger partial charge in [0.15, 0.2) is 12.4 Å². The van der Waals surface area contributed by atoms with Crippen molar-refractivity contribution in [3.63, 3.8) is 0 Å².